The fourth-order valence-corrected chi connectivity index (χ4v) is 5.14. The van der Waals surface area contributed by atoms with Crippen LogP contribution in [-0.4, -0.2) is 28.5 Å². The number of aryl methyl sites for hydroxylation is 3. The minimum Gasteiger partial charge on any atom is -0.462 e. The van der Waals surface area contributed by atoms with Crippen LogP contribution in [0.4, 0.5) is 16.6 Å². The molecule has 0 spiro atoms. The summed E-state index contributed by atoms with van der Waals surface area (Å²) in [4.78, 5) is 35.4. The predicted octanol–water partition coefficient (Wildman–Crippen LogP) is 5.21. The van der Waals surface area contributed by atoms with E-state index in [1.165, 1.54) is 16.2 Å². The van der Waals surface area contributed by atoms with E-state index < -0.39 is 0 Å². The molecule has 0 radical (unpaired) electrons. The van der Waals surface area contributed by atoms with Gasteiger partial charge in [-0.05, 0) is 82.3 Å². The standard InChI is InChI=1S/C24H26N4O3S/c1-4-31-23(30)20-18-7-5-6-8-19(18)32-22(20)28-21(29)16-9-11-17(12-10-16)27-24-25-14(2)13-15(3)26-24/h9-13H,4-8H2,1-3H3,(H,28,29)(H,25,26,27). The van der Waals surface area contributed by atoms with Crippen LogP contribution in [0.5, 0.6) is 0 Å². The quantitative estimate of drug-likeness (QED) is 0.501. The van der Waals surface area contributed by atoms with Crippen molar-refractivity contribution in [3.05, 3.63) is 63.3 Å². The number of ether oxygens (including phenoxy) is 1. The van der Waals surface area contributed by atoms with E-state index >= 15 is 0 Å². The molecule has 1 aromatic carbocycles. The highest BCUT2D eigenvalue weighted by Crippen LogP contribution is 2.38. The van der Waals surface area contributed by atoms with E-state index in [1.807, 2.05) is 32.0 Å². The van der Waals surface area contributed by atoms with Crippen LogP contribution in [0, 0.1) is 13.8 Å². The van der Waals surface area contributed by atoms with Gasteiger partial charge in [0.1, 0.15) is 5.00 Å². The van der Waals surface area contributed by atoms with Gasteiger partial charge in [-0.2, -0.15) is 0 Å². The van der Waals surface area contributed by atoms with Gasteiger partial charge in [-0.1, -0.05) is 0 Å². The molecule has 0 aliphatic heterocycles. The zero-order valence-electron chi connectivity index (χ0n) is 18.4. The van der Waals surface area contributed by atoms with Crippen LogP contribution in [0.1, 0.15) is 62.3 Å². The summed E-state index contributed by atoms with van der Waals surface area (Å²) in [6.45, 7) is 5.92. The smallest absolute Gasteiger partial charge is 0.341 e. The van der Waals surface area contributed by atoms with Gasteiger partial charge in [0.25, 0.3) is 5.91 Å². The fraction of sp³-hybridized carbons (Fsp3) is 0.333. The van der Waals surface area contributed by atoms with E-state index in [0.29, 0.717) is 28.7 Å². The minimum atomic E-state index is -0.366. The number of hydrogen-bond donors (Lipinski definition) is 2. The highest BCUT2D eigenvalue weighted by molar-refractivity contribution is 7.17. The number of fused-ring (bicyclic) bond motifs is 1. The highest BCUT2D eigenvalue weighted by Gasteiger charge is 2.27. The molecule has 3 aromatic rings. The summed E-state index contributed by atoms with van der Waals surface area (Å²) < 4.78 is 5.27. The summed E-state index contributed by atoms with van der Waals surface area (Å²) in [5.41, 5.74) is 4.59. The van der Waals surface area contributed by atoms with Crippen LogP contribution < -0.4 is 10.6 Å². The number of esters is 1. The maximum absolute atomic E-state index is 12.9. The van der Waals surface area contributed by atoms with Gasteiger partial charge < -0.3 is 15.4 Å². The van der Waals surface area contributed by atoms with Crippen molar-refractivity contribution in [2.24, 2.45) is 0 Å². The summed E-state index contributed by atoms with van der Waals surface area (Å²) >= 11 is 1.49. The molecule has 0 atom stereocenters. The molecule has 7 nitrogen and oxygen atoms in total. The number of carbonyl (C=O) groups excluding carboxylic acids is 2. The molecule has 2 heterocycles. The second-order valence-electron chi connectivity index (χ2n) is 7.77. The van der Waals surface area contributed by atoms with Crippen molar-refractivity contribution < 1.29 is 14.3 Å². The highest BCUT2D eigenvalue weighted by atomic mass is 32.1. The summed E-state index contributed by atoms with van der Waals surface area (Å²) in [5.74, 6) is -0.110. The first-order valence-corrected chi connectivity index (χ1v) is 11.6. The molecule has 0 bridgehead atoms. The van der Waals surface area contributed by atoms with Gasteiger partial charge in [-0.25, -0.2) is 14.8 Å². The zero-order valence-corrected chi connectivity index (χ0v) is 19.3. The van der Waals surface area contributed by atoms with Crippen LogP contribution in [0.2, 0.25) is 0 Å². The summed E-state index contributed by atoms with van der Waals surface area (Å²) in [6, 6.07) is 8.99. The molecule has 0 saturated carbocycles. The SMILES string of the molecule is CCOC(=O)c1c(NC(=O)c2ccc(Nc3nc(C)cc(C)n3)cc2)sc2c1CCCC2. The van der Waals surface area contributed by atoms with Crippen molar-refractivity contribution >= 4 is 39.9 Å². The fourth-order valence-electron chi connectivity index (χ4n) is 3.86. The number of nitrogens with zero attached hydrogens (tertiary/aromatic N) is 2. The number of rotatable bonds is 6. The summed E-state index contributed by atoms with van der Waals surface area (Å²) in [7, 11) is 0. The second kappa shape index (κ2) is 9.48. The number of carbonyl (C=O) groups is 2. The van der Waals surface area contributed by atoms with Crippen LogP contribution in [0.3, 0.4) is 0 Å². The third-order valence-corrected chi connectivity index (χ3v) is 6.47. The van der Waals surface area contributed by atoms with Crippen LogP contribution in [0.15, 0.2) is 30.3 Å². The Morgan fingerprint density at radius 2 is 1.75 bits per heavy atom. The van der Waals surface area contributed by atoms with Gasteiger partial charge >= 0.3 is 5.97 Å². The summed E-state index contributed by atoms with van der Waals surface area (Å²) in [5, 5.41) is 6.68. The lowest BCUT2D eigenvalue weighted by molar-refractivity contribution is 0.0526. The molecule has 0 unspecified atom stereocenters. The van der Waals surface area contributed by atoms with Crippen molar-refractivity contribution in [1.82, 2.24) is 9.97 Å². The summed E-state index contributed by atoms with van der Waals surface area (Å²) in [6.07, 6.45) is 3.92. The Labute approximate surface area is 191 Å². The van der Waals surface area contributed by atoms with E-state index in [-0.39, 0.29) is 11.9 Å². The number of hydrogen-bond acceptors (Lipinski definition) is 7. The van der Waals surface area contributed by atoms with Gasteiger partial charge in [0, 0.05) is 27.5 Å². The Balaban J connectivity index is 1.52. The normalized spacial score (nSPS) is 12.7. The number of thiophene rings is 1. The lowest BCUT2D eigenvalue weighted by atomic mass is 9.95. The molecular weight excluding hydrogens is 424 g/mol. The molecule has 0 saturated heterocycles. The molecule has 2 N–H and O–H groups in total. The number of nitrogens with one attached hydrogen (secondary N) is 2. The molecule has 166 valence electrons. The van der Waals surface area contributed by atoms with E-state index in [0.717, 1.165) is 48.3 Å². The van der Waals surface area contributed by atoms with Crippen molar-refractivity contribution in [1.29, 1.82) is 0 Å². The number of amides is 1. The third-order valence-electron chi connectivity index (χ3n) is 5.26. The Hall–Kier alpha value is -3.26. The van der Waals surface area contributed by atoms with Crippen LogP contribution >= 0.6 is 11.3 Å². The maximum Gasteiger partial charge on any atom is 0.341 e. The molecular formula is C24H26N4O3S. The average molecular weight is 451 g/mol. The molecule has 4 rings (SSSR count). The maximum atomic E-state index is 12.9. The molecule has 32 heavy (non-hydrogen) atoms. The lowest BCUT2D eigenvalue weighted by Crippen LogP contribution is -2.15. The molecule has 0 fully saturated rings. The first-order chi connectivity index (χ1) is 15.4. The third kappa shape index (κ3) is 4.80. The lowest BCUT2D eigenvalue weighted by Gasteiger charge is -2.12. The van der Waals surface area contributed by atoms with Gasteiger partial charge in [-0.3, -0.25) is 4.79 Å². The number of anilines is 3. The molecule has 2 aromatic heterocycles. The van der Waals surface area contributed by atoms with Crippen molar-refractivity contribution in [3.8, 4) is 0 Å². The van der Waals surface area contributed by atoms with Crippen LogP contribution in [0.25, 0.3) is 0 Å². The van der Waals surface area contributed by atoms with Crippen LogP contribution in [-0.2, 0) is 17.6 Å². The van der Waals surface area contributed by atoms with Crippen molar-refractivity contribution in [3.63, 3.8) is 0 Å². The first-order valence-electron chi connectivity index (χ1n) is 10.8. The molecule has 1 aliphatic rings. The van der Waals surface area contributed by atoms with E-state index in [9.17, 15) is 9.59 Å². The van der Waals surface area contributed by atoms with Gasteiger partial charge in [0.15, 0.2) is 0 Å². The zero-order chi connectivity index (χ0) is 22.7. The minimum absolute atomic E-state index is 0.261. The van der Waals surface area contributed by atoms with Crippen molar-refractivity contribution in [2.45, 2.75) is 46.5 Å². The Bertz CT molecular complexity index is 1130. The van der Waals surface area contributed by atoms with Gasteiger partial charge in [0.2, 0.25) is 5.95 Å². The Kier molecular flexibility index (Phi) is 6.50. The van der Waals surface area contributed by atoms with Gasteiger partial charge in [0.05, 0.1) is 12.2 Å². The molecule has 8 heteroatoms. The second-order valence-corrected chi connectivity index (χ2v) is 8.87. The molecule has 1 aliphatic carbocycles. The Morgan fingerprint density at radius 3 is 2.44 bits per heavy atom. The van der Waals surface area contributed by atoms with Crippen molar-refractivity contribution in [2.75, 3.05) is 17.2 Å². The van der Waals surface area contributed by atoms with E-state index in [4.69, 9.17) is 4.74 Å². The largest absolute Gasteiger partial charge is 0.462 e. The van der Waals surface area contributed by atoms with E-state index in [1.54, 1.807) is 19.1 Å². The topological polar surface area (TPSA) is 93.2 Å². The van der Waals surface area contributed by atoms with E-state index in [2.05, 4.69) is 20.6 Å². The number of benzene rings is 1. The van der Waals surface area contributed by atoms with Gasteiger partial charge in [-0.15, -0.1) is 11.3 Å². The average Bonchev–Trinajstić information content (AvgIpc) is 3.11. The Morgan fingerprint density at radius 1 is 1.06 bits per heavy atom. The monoisotopic (exact) mass is 450 g/mol. The molecule has 1 amide bonds. The predicted molar refractivity (Wildman–Crippen MR) is 126 cm³/mol. The first kappa shape index (κ1) is 22.0. The number of aromatic nitrogens is 2.